The molecule has 2 atom stereocenters. The minimum absolute atomic E-state index is 0.178. The summed E-state index contributed by atoms with van der Waals surface area (Å²) in [4.78, 5) is 13.9. The molecule has 0 saturated carbocycles. The Hall–Kier alpha value is -0.830. The van der Waals surface area contributed by atoms with Crippen molar-refractivity contribution in [1.29, 1.82) is 0 Å². The predicted octanol–water partition coefficient (Wildman–Crippen LogP) is 1.18. The van der Waals surface area contributed by atoms with Gasteiger partial charge in [0.25, 0.3) is 0 Å². The third-order valence-electron chi connectivity index (χ3n) is 3.58. The molecule has 0 radical (unpaired) electrons. The maximum Gasteiger partial charge on any atom is 0.226 e. The van der Waals surface area contributed by atoms with Gasteiger partial charge in [-0.3, -0.25) is 4.79 Å². The Balaban J connectivity index is 1.87. The predicted molar refractivity (Wildman–Crippen MR) is 58.2 cm³/mol. The fraction of sp³-hybridized carbons (Fsp3) is 0.750. The lowest BCUT2D eigenvalue weighted by Gasteiger charge is -2.21. The van der Waals surface area contributed by atoms with E-state index >= 15 is 0 Å². The molecule has 1 aliphatic carbocycles. The van der Waals surface area contributed by atoms with Crippen LogP contribution < -0.4 is 0 Å². The standard InChI is InChI=1S/C12H19NO2/c1-9(14)11-6-7-13(8-11)12(15)10-4-2-3-5-10/h2-3,9-11,14H,4-8H2,1H3. The van der Waals surface area contributed by atoms with Gasteiger partial charge in [-0.05, 0) is 26.2 Å². The Labute approximate surface area is 90.8 Å². The zero-order valence-electron chi connectivity index (χ0n) is 9.22. The Morgan fingerprint density at radius 2 is 2.13 bits per heavy atom. The van der Waals surface area contributed by atoms with Crippen molar-refractivity contribution >= 4 is 5.91 Å². The Morgan fingerprint density at radius 1 is 1.47 bits per heavy atom. The van der Waals surface area contributed by atoms with E-state index in [0.717, 1.165) is 32.4 Å². The van der Waals surface area contributed by atoms with Crippen molar-refractivity contribution in [3.05, 3.63) is 12.2 Å². The van der Waals surface area contributed by atoms with Crippen LogP contribution in [0.3, 0.4) is 0 Å². The summed E-state index contributed by atoms with van der Waals surface area (Å²) in [5.41, 5.74) is 0. The van der Waals surface area contributed by atoms with Crippen molar-refractivity contribution in [3.63, 3.8) is 0 Å². The van der Waals surface area contributed by atoms with Crippen molar-refractivity contribution in [2.24, 2.45) is 11.8 Å². The van der Waals surface area contributed by atoms with E-state index in [0.29, 0.717) is 0 Å². The summed E-state index contributed by atoms with van der Waals surface area (Å²) < 4.78 is 0. The summed E-state index contributed by atoms with van der Waals surface area (Å²) in [5, 5.41) is 9.47. The summed E-state index contributed by atoms with van der Waals surface area (Å²) in [6, 6.07) is 0. The van der Waals surface area contributed by atoms with Crippen molar-refractivity contribution in [3.8, 4) is 0 Å². The zero-order valence-corrected chi connectivity index (χ0v) is 9.22. The maximum absolute atomic E-state index is 12.0. The zero-order chi connectivity index (χ0) is 10.8. The molecule has 3 nitrogen and oxygen atoms in total. The van der Waals surface area contributed by atoms with Crippen LogP contribution in [0.25, 0.3) is 0 Å². The van der Waals surface area contributed by atoms with Gasteiger partial charge in [-0.2, -0.15) is 0 Å². The molecule has 2 rings (SSSR count). The molecule has 1 N–H and O–H groups in total. The first-order valence-corrected chi connectivity index (χ1v) is 5.80. The molecule has 2 unspecified atom stereocenters. The Kier molecular flexibility index (Phi) is 3.10. The fourth-order valence-corrected chi connectivity index (χ4v) is 2.46. The molecule has 1 aliphatic heterocycles. The van der Waals surface area contributed by atoms with Crippen LogP contribution in [-0.2, 0) is 4.79 Å². The molecule has 0 aromatic carbocycles. The van der Waals surface area contributed by atoms with Crippen molar-refractivity contribution in [1.82, 2.24) is 4.90 Å². The quantitative estimate of drug-likeness (QED) is 0.694. The van der Waals surface area contributed by atoms with Gasteiger partial charge >= 0.3 is 0 Å². The highest BCUT2D eigenvalue weighted by atomic mass is 16.3. The van der Waals surface area contributed by atoms with E-state index in [4.69, 9.17) is 0 Å². The number of hydrogen-bond acceptors (Lipinski definition) is 2. The lowest BCUT2D eigenvalue weighted by Crippen LogP contribution is -2.34. The molecule has 15 heavy (non-hydrogen) atoms. The summed E-state index contributed by atoms with van der Waals surface area (Å²) in [6.45, 7) is 3.38. The molecule has 1 amide bonds. The molecule has 0 spiro atoms. The molecule has 1 saturated heterocycles. The molecule has 3 heteroatoms. The first-order chi connectivity index (χ1) is 7.18. The maximum atomic E-state index is 12.0. The number of aliphatic hydroxyl groups excluding tert-OH is 1. The second-order valence-electron chi connectivity index (χ2n) is 4.71. The third kappa shape index (κ3) is 2.23. The van der Waals surface area contributed by atoms with E-state index in [1.54, 1.807) is 0 Å². The van der Waals surface area contributed by atoms with E-state index in [1.807, 2.05) is 11.8 Å². The van der Waals surface area contributed by atoms with E-state index < -0.39 is 0 Å². The van der Waals surface area contributed by atoms with E-state index in [-0.39, 0.29) is 23.8 Å². The number of nitrogens with zero attached hydrogens (tertiary/aromatic N) is 1. The van der Waals surface area contributed by atoms with Crippen LogP contribution in [0.15, 0.2) is 12.2 Å². The lowest BCUT2D eigenvalue weighted by atomic mass is 10.0. The lowest BCUT2D eigenvalue weighted by molar-refractivity contribution is -0.134. The monoisotopic (exact) mass is 209 g/mol. The number of allylic oxidation sites excluding steroid dienone is 2. The first-order valence-electron chi connectivity index (χ1n) is 5.80. The molecule has 1 heterocycles. The SMILES string of the molecule is CC(O)C1CCN(C(=O)C2CC=CC2)C1. The molecule has 0 bridgehead atoms. The second-order valence-corrected chi connectivity index (χ2v) is 4.71. The molecule has 0 aromatic heterocycles. The van der Waals surface area contributed by atoms with Crippen molar-refractivity contribution < 1.29 is 9.90 Å². The highest BCUT2D eigenvalue weighted by Crippen LogP contribution is 2.25. The average molecular weight is 209 g/mol. The minimum Gasteiger partial charge on any atom is -0.393 e. The van der Waals surface area contributed by atoms with Gasteiger partial charge in [-0.25, -0.2) is 0 Å². The molecular weight excluding hydrogens is 190 g/mol. The summed E-state index contributed by atoms with van der Waals surface area (Å²) in [5.74, 6) is 0.740. The fourth-order valence-electron chi connectivity index (χ4n) is 2.46. The molecule has 2 aliphatic rings. The Bertz CT molecular complexity index is 265. The van der Waals surface area contributed by atoms with Crippen LogP contribution in [0.5, 0.6) is 0 Å². The van der Waals surface area contributed by atoms with Gasteiger partial charge in [0.05, 0.1) is 6.10 Å². The molecule has 0 aromatic rings. The molecular formula is C12H19NO2. The highest BCUT2D eigenvalue weighted by molar-refractivity contribution is 5.79. The Morgan fingerprint density at radius 3 is 2.67 bits per heavy atom. The van der Waals surface area contributed by atoms with Crippen LogP contribution >= 0.6 is 0 Å². The molecule has 1 fully saturated rings. The summed E-state index contributed by atoms with van der Waals surface area (Å²) in [6.07, 6.45) is 6.63. The van der Waals surface area contributed by atoms with E-state index in [1.165, 1.54) is 0 Å². The van der Waals surface area contributed by atoms with Gasteiger partial charge in [0, 0.05) is 24.9 Å². The van der Waals surface area contributed by atoms with Gasteiger partial charge in [-0.15, -0.1) is 0 Å². The van der Waals surface area contributed by atoms with Crippen LogP contribution in [-0.4, -0.2) is 35.1 Å². The van der Waals surface area contributed by atoms with Gasteiger partial charge in [-0.1, -0.05) is 12.2 Å². The topological polar surface area (TPSA) is 40.5 Å². The normalized spacial score (nSPS) is 28.7. The number of amides is 1. The van der Waals surface area contributed by atoms with E-state index in [9.17, 15) is 9.90 Å². The van der Waals surface area contributed by atoms with Gasteiger partial charge < -0.3 is 10.0 Å². The van der Waals surface area contributed by atoms with Gasteiger partial charge in [0.2, 0.25) is 5.91 Å². The largest absolute Gasteiger partial charge is 0.393 e. The van der Waals surface area contributed by atoms with Crippen LogP contribution in [0.1, 0.15) is 26.2 Å². The number of hydrogen-bond donors (Lipinski definition) is 1. The smallest absolute Gasteiger partial charge is 0.226 e. The number of likely N-dealkylation sites (tertiary alicyclic amines) is 1. The third-order valence-corrected chi connectivity index (χ3v) is 3.58. The number of carbonyl (C=O) groups excluding carboxylic acids is 1. The van der Waals surface area contributed by atoms with E-state index in [2.05, 4.69) is 12.2 Å². The first kappa shape index (κ1) is 10.7. The van der Waals surface area contributed by atoms with Crippen LogP contribution in [0, 0.1) is 11.8 Å². The van der Waals surface area contributed by atoms with Crippen LogP contribution in [0.4, 0.5) is 0 Å². The van der Waals surface area contributed by atoms with Crippen LogP contribution in [0.2, 0.25) is 0 Å². The number of aliphatic hydroxyl groups is 1. The number of rotatable bonds is 2. The molecule has 84 valence electrons. The second kappa shape index (κ2) is 4.35. The van der Waals surface area contributed by atoms with Crippen molar-refractivity contribution in [2.45, 2.75) is 32.3 Å². The minimum atomic E-state index is -0.287. The number of carbonyl (C=O) groups is 1. The average Bonchev–Trinajstić information content (AvgIpc) is 2.88. The van der Waals surface area contributed by atoms with Gasteiger partial charge in [0.15, 0.2) is 0 Å². The summed E-state index contributed by atoms with van der Waals surface area (Å²) in [7, 11) is 0. The van der Waals surface area contributed by atoms with Gasteiger partial charge in [0.1, 0.15) is 0 Å². The summed E-state index contributed by atoms with van der Waals surface area (Å²) >= 11 is 0. The highest BCUT2D eigenvalue weighted by Gasteiger charge is 2.32. The van der Waals surface area contributed by atoms with Crippen molar-refractivity contribution in [2.75, 3.05) is 13.1 Å².